The molecule has 0 fully saturated rings. The molecule has 142 valence electrons. The molecule has 0 radical (unpaired) electrons. The largest absolute Gasteiger partial charge is 0.439 e. The number of halogens is 3. The normalized spacial score (nSPS) is 13.9. The molecular formula is C21H15F3N2O2. The predicted molar refractivity (Wildman–Crippen MR) is 96.3 cm³/mol. The van der Waals surface area contributed by atoms with E-state index in [0.717, 1.165) is 30.5 Å². The van der Waals surface area contributed by atoms with Crippen molar-refractivity contribution in [1.29, 1.82) is 0 Å². The van der Waals surface area contributed by atoms with Gasteiger partial charge in [-0.05, 0) is 42.7 Å². The Balaban J connectivity index is 1.58. The summed E-state index contributed by atoms with van der Waals surface area (Å²) in [6.07, 6.45) is -0.850. The fourth-order valence-corrected chi connectivity index (χ4v) is 3.17. The van der Waals surface area contributed by atoms with Crippen molar-refractivity contribution in [2.45, 2.75) is 25.4 Å². The van der Waals surface area contributed by atoms with E-state index < -0.39 is 11.7 Å². The molecule has 0 bridgehead atoms. The number of carbonyl (C=O) groups is 1. The highest BCUT2D eigenvalue weighted by molar-refractivity contribution is 5.98. The van der Waals surface area contributed by atoms with Gasteiger partial charge in [0, 0.05) is 23.6 Å². The van der Waals surface area contributed by atoms with Crippen LogP contribution < -0.4 is 4.74 Å². The first-order chi connectivity index (χ1) is 13.4. The Morgan fingerprint density at radius 3 is 2.46 bits per heavy atom. The fraction of sp³-hybridized carbons (Fsp3) is 0.190. The lowest BCUT2D eigenvalue weighted by atomic mass is 9.90. The topological polar surface area (TPSA) is 52.1 Å². The number of rotatable bonds is 3. The minimum absolute atomic E-state index is 0.0971. The molecule has 0 unspecified atom stereocenters. The number of ketones is 1. The number of carbonyl (C=O) groups excluding carboxylic acids is 1. The van der Waals surface area contributed by atoms with E-state index in [4.69, 9.17) is 4.74 Å². The molecule has 0 aliphatic heterocycles. The van der Waals surface area contributed by atoms with Crippen molar-refractivity contribution in [3.8, 4) is 22.9 Å². The van der Waals surface area contributed by atoms with E-state index in [2.05, 4.69) is 9.97 Å². The van der Waals surface area contributed by atoms with Crippen molar-refractivity contribution in [2.75, 3.05) is 0 Å². The van der Waals surface area contributed by atoms with E-state index >= 15 is 0 Å². The Bertz CT molecular complexity index is 1030. The zero-order valence-electron chi connectivity index (χ0n) is 14.7. The van der Waals surface area contributed by atoms with Gasteiger partial charge in [-0.1, -0.05) is 18.2 Å². The minimum atomic E-state index is -4.39. The Labute approximate surface area is 159 Å². The maximum Gasteiger partial charge on any atom is 0.416 e. The predicted octanol–water partition coefficient (Wildman–Crippen LogP) is 5.47. The summed E-state index contributed by atoms with van der Waals surface area (Å²) in [5.74, 6) is 0.819. The van der Waals surface area contributed by atoms with Gasteiger partial charge >= 0.3 is 6.18 Å². The smallest absolute Gasteiger partial charge is 0.416 e. The minimum Gasteiger partial charge on any atom is -0.439 e. The van der Waals surface area contributed by atoms with Crippen LogP contribution in [0.3, 0.4) is 0 Å². The summed E-state index contributed by atoms with van der Waals surface area (Å²) < 4.78 is 43.9. The number of fused-ring (bicyclic) bond motifs is 1. The van der Waals surface area contributed by atoms with Gasteiger partial charge in [0.15, 0.2) is 5.78 Å². The molecule has 0 atom stereocenters. The quantitative estimate of drug-likeness (QED) is 0.601. The maximum absolute atomic E-state index is 12.7. The van der Waals surface area contributed by atoms with E-state index in [-0.39, 0.29) is 11.7 Å². The van der Waals surface area contributed by atoms with Crippen LogP contribution in [0.1, 0.15) is 34.3 Å². The molecule has 0 saturated carbocycles. The van der Waals surface area contributed by atoms with Crippen LogP contribution in [0.25, 0.3) is 11.3 Å². The van der Waals surface area contributed by atoms with Gasteiger partial charge < -0.3 is 4.74 Å². The molecule has 4 rings (SSSR count). The van der Waals surface area contributed by atoms with E-state index in [1.54, 1.807) is 18.2 Å². The monoisotopic (exact) mass is 384 g/mol. The van der Waals surface area contributed by atoms with Crippen molar-refractivity contribution >= 4 is 5.78 Å². The summed E-state index contributed by atoms with van der Waals surface area (Å²) in [6, 6.07) is 11.6. The number of hydrogen-bond donors (Lipinski definition) is 0. The summed E-state index contributed by atoms with van der Waals surface area (Å²) in [7, 11) is 0. The average Bonchev–Trinajstić information content (AvgIpc) is 2.68. The Morgan fingerprint density at radius 2 is 1.71 bits per heavy atom. The molecule has 28 heavy (non-hydrogen) atoms. The van der Waals surface area contributed by atoms with Crippen LogP contribution in [-0.2, 0) is 12.6 Å². The first-order valence-electron chi connectivity index (χ1n) is 8.74. The maximum atomic E-state index is 12.7. The van der Waals surface area contributed by atoms with Gasteiger partial charge in [0.2, 0.25) is 5.88 Å². The third-order valence-electron chi connectivity index (χ3n) is 4.60. The highest BCUT2D eigenvalue weighted by atomic mass is 19.4. The van der Waals surface area contributed by atoms with Crippen molar-refractivity contribution < 1.29 is 22.7 Å². The van der Waals surface area contributed by atoms with Crippen molar-refractivity contribution in [2.24, 2.45) is 0 Å². The zero-order valence-corrected chi connectivity index (χ0v) is 14.7. The molecule has 0 amide bonds. The van der Waals surface area contributed by atoms with E-state index in [9.17, 15) is 18.0 Å². The van der Waals surface area contributed by atoms with Gasteiger partial charge in [-0.15, -0.1) is 0 Å². The molecule has 4 nitrogen and oxygen atoms in total. The summed E-state index contributed by atoms with van der Waals surface area (Å²) in [4.78, 5) is 20.2. The molecule has 1 heterocycles. The second-order valence-electron chi connectivity index (χ2n) is 6.51. The third-order valence-corrected chi connectivity index (χ3v) is 4.60. The van der Waals surface area contributed by atoms with Crippen molar-refractivity contribution in [1.82, 2.24) is 9.97 Å². The number of aromatic nitrogens is 2. The lowest BCUT2D eigenvalue weighted by Gasteiger charge is -2.15. The molecule has 7 heteroatoms. The standard InChI is InChI=1S/C21H15F3N2O2/c22-21(23,24)15-7-4-14(5-8-15)18-11-20(26-12-25-18)28-16-9-6-13-2-1-3-19(27)17(13)10-16/h4-12H,1-3H2. The summed E-state index contributed by atoms with van der Waals surface area (Å²) in [5, 5.41) is 0. The second kappa shape index (κ2) is 7.07. The number of aryl methyl sites for hydroxylation is 1. The molecule has 3 aromatic rings. The van der Waals surface area contributed by atoms with E-state index in [0.29, 0.717) is 29.0 Å². The molecular weight excluding hydrogens is 369 g/mol. The van der Waals surface area contributed by atoms with Crippen LogP contribution in [0.5, 0.6) is 11.6 Å². The van der Waals surface area contributed by atoms with Crippen LogP contribution in [-0.4, -0.2) is 15.8 Å². The first-order valence-corrected chi connectivity index (χ1v) is 8.74. The van der Waals surface area contributed by atoms with Crippen LogP contribution >= 0.6 is 0 Å². The number of Topliss-reactive ketones (excluding diaryl/α,β-unsaturated/α-hetero) is 1. The van der Waals surface area contributed by atoms with Crippen molar-refractivity contribution in [3.05, 3.63) is 71.5 Å². The van der Waals surface area contributed by atoms with Gasteiger partial charge in [0.25, 0.3) is 0 Å². The summed E-state index contributed by atoms with van der Waals surface area (Å²) in [5.41, 5.74) is 1.91. The molecule has 0 spiro atoms. The van der Waals surface area contributed by atoms with Gasteiger partial charge in [-0.3, -0.25) is 4.79 Å². The van der Waals surface area contributed by atoms with Crippen LogP contribution in [0.2, 0.25) is 0 Å². The number of benzene rings is 2. The number of alkyl halides is 3. The molecule has 1 aliphatic carbocycles. The lowest BCUT2D eigenvalue weighted by Crippen LogP contribution is -2.10. The van der Waals surface area contributed by atoms with Crippen LogP contribution in [0.15, 0.2) is 54.9 Å². The average molecular weight is 384 g/mol. The van der Waals surface area contributed by atoms with Gasteiger partial charge in [0.1, 0.15) is 12.1 Å². The first kappa shape index (κ1) is 18.2. The molecule has 1 aromatic heterocycles. The fourth-order valence-electron chi connectivity index (χ4n) is 3.17. The molecule has 0 N–H and O–H groups in total. The Kier molecular flexibility index (Phi) is 4.58. The summed E-state index contributed by atoms with van der Waals surface area (Å²) in [6.45, 7) is 0. The second-order valence-corrected chi connectivity index (χ2v) is 6.51. The molecule has 1 aliphatic rings. The zero-order chi connectivity index (χ0) is 19.7. The highest BCUT2D eigenvalue weighted by Gasteiger charge is 2.30. The van der Waals surface area contributed by atoms with E-state index in [1.165, 1.54) is 18.5 Å². The van der Waals surface area contributed by atoms with Crippen LogP contribution in [0, 0.1) is 0 Å². The number of hydrogen-bond acceptors (Lipinski definition) is 4. The molecule has 0 saturated heterocycles. The number of nitrogens with zero attached hydrogens (tertiary/aromatic N) is 2. The summed E-state index contributed by atoms with van der Waals surface area (Å²) >= 11 is 0. The SMILES string of the molecule is O=C1CCCc2ccc(Oc3cc(-c4ccc(C(F)(F)F)cc4)ncn3)cc21. The van der Waals surface area contributed by atoms with Gasteiger partial charge in [-0.2, -0.15) is 13.2 Å². The molecule has 2 aromatic carbocycles. The van der Waals surface area contributed by atoms with Crippen molar-refractivity contribution in [3.63, 3.8) is 0 Å². The number of ether oxygens (including phenoxy) is 1. The lowest BCUT2D eigenvalue weighted by molar-refractivity contribution is -0.137. The highest BCUT2D eigenvalue weighted by Crippen LogP contribution is 2.32. The van der Waals surface area contributed by atoms with Gasteiger partial charge in [0.05, 0.1) is 11.3 Å². The van der Waals surface area contributed by atoms with Gasteiger partial charge in [-0.25, -0.2) is 9.97 Å². The third kappa shape index (κ3) is 3.74. The Hall–Kier alpha value is -3.22. The van der Waals surface area contributed by atoms with E-state index in [1.807, 2.05) is 6.07 Å². The Morgan fingerprint density at radius 1 is 0.929 bits per heavy atom. The van der Waals surface area contributed by atoms with Crippen LogP contribution in [0.4, 0.5) is 13.2 Å².